The van der Waals surface area contributed by atoms with Crippen molar-refractivity contribution in [1.82, 2.24) is 4.90 Å². The van der Waals surface area contributed by atoms with Crippen LogP contribution in [0.3, 0.4) is 0 Å². The second-order valence-electron chi connectivity index (χ2n) is 3.83. The molecule has 4 nitrogen and oxygen atoms in total. The number of para-hydroxylation sites is 1. The van der Waals surface area contributed by atoms with Crippen LogP contribution in [0.15, 0.2) is 24.3 Å². The van der Waals surface area contributed by atoms with Crippen molar-refractivity contribution in [3.63, 3.8) is 0 Å². The number of benzene rings is 1. The summed E-state index contributed by atoms with van der Waals surface area (Å²) in [6.07, 6.45) is 0. The highest BCUT2D eigenvalue weighted by atomic mass is 35.5. The standard InChI is InChI=1S/C12H17ClN2O2.ClH/c1-9(14)12(16)15(2)7-8-17-11-6-4-3-5-10(11)13;/h3-6,9H,7-8,14H2,1-2H3;1H/t9-;/m1./s1. The van der Waals surface area contributed by atoms with Gasteiger partial charge < -0.3 is 15.4 Å². The summed E-state index contributed by atoms with van der Waals surface area (Å²) in [6.45, 7) is 2.53. The molecule has 0 bridgehead atoms. The highest BCUT2D eigenvalue weighted by Gasteiger charge is 2.12. The summed E-state index contributed by atoms with van der Waals surface area (Å²) in [4.78, 5) is 13.0. The Bertz CT molecular complexity index is 386. The first-order valence-electron chi connectivity index (χ1n) is 5.40. The second kappa shape index (κ2) is 8.19. The summed E-state index contributed by atoms with van der Waals surface area (Å²) in [5.41, 5.74) is 5.49. The Hall–Kier alpha value is -0.970. The minimum atomic E-state index is -0.486. The van der Waals surface area contributed by atoms with Gasteiger partial charge in [-0.15, -0.1) is 12.4 Å². The van der Waals surface area contributed by atoms with Crippen LogP contribution in [0.25, 0.3) is 0 Å². The molecular weight excluding hydrogens is 275 g/mol. The Morgan fingerprint density at radius 1 is 1.50 bits per heavy atom. The van der Waals surface area contributed by atoms with Crippen molar-refractivity contribution in [2.75, 3.05) is 20.2 Å². The summed E-state index contributed by atoms with van der Waals surface area (Å²) < 4.78 is 5.47. The number of hydrogen-bond acceptors (Lipinski definition) is 3. The molecule has 1 aromatic carbocycles. The molecule has 1 amide bonds. The maximum Gasteiger partial charge on any atom is 0.239 e. The number of halogens is 2. The molecule has 0 spiro atoms. The van der Waals surface area contributed by atoms with Gasteiger partial charge in [0.2, 0.25) is 5.91 Å². The quantitative estimate of drug-likeness (QED) is 0.902. The lowest BCUT2D eigenvalue weighted by molar-refractivity contribution is -0.131. The average molecular weight is 293 g/mol. The smallest absolute Gasteiger partial charge is 0.239 e. The van der Waals surface area contributed by atoms with E-state index >= 15 is 0 Å². The molecule has 0 saturated heterocycles. The van der Waals surface area contributed by atoms with Crippen LogP contribution in [0.5, 0.6) is 5.75 Å². The van der Waals surface area contributed by atoms with Gasteiger partial charge in [-0.1, -0.05) is 23.7 Å². The van der Waals surface area contributed by atoms with Gasteiger partial charge in [-0.25, -0.2) is 0 Å². The topological polar surface area (TPSA) is 55.6 Å². The van der Waals surface area contributed by atoms with E-state index < -0.39 is 6.04 Å². The van der Waals surface area contributed by atoms with Crippen molar-refractivity contribution >= 4 is 29.9 Å². The summed E-state index contributed by atoms with van der Waals surface area (Å²) in [7, 11) is 1.70. The molecule has 0 fully saturated rings. The molecule has 0 saturated carbocycles. The fourth-order valence-corrected chi connectivity index (χ4v) is 1.50. The molecule has 102 valence electrons. The first-order chi connectivity index (χ1) is 8.02. The van der Waals surface area contributed by atoms with E-state index in [1.165, 1.54) is 0 Å². The summed E-state index contributed by atoms with van der Waals surface area (Å²) in [6, 6.07) is 6.74. The van der Waals surface area contributed by atoms with Gasteiger partial charge in [0.05, 0.1) is 17.6 Å². The molecule has 0 unspecified atom stereocenters. The van der Waals surface area contributed by atoms with Gasteiger partial charge in [0.1, 0.15) is 12.4 Å². The van der Waals surface area contributed by atoms with Crippen LogP contribution in [0, 0.1) is 0 Å². The predicted molar refractivity (Wildman–Crippen MR) is 75.5 cm³/mol. The van der Waals surface area contributed by atoms with Gasteiger partial charge in [0, 0.05) is 7.05 Å². The second-order valence-corrected chi connectivity index (χ2v) is 4.23. The Morgan fingerprint density at radius 2 is 2.11 bits per heavy atom. The Morgan fingerprint density at radius 3 is 2.67 bits per heavy atom. The summed E-state index contributed by atoms with van der Waals surface area (Å²) >= 11 is 5.93. The van der Waals surface area contributed by atoms with Crippen LogP contribution >= 0.6 is 24.0 Å². The zero-order chi connectivity index (χ0) is 12.8. The first-order valence-corrected chi connectivity index (χ1v) is 5.78. The number of nitrogens with two attached hydrogens (primary N) is 1. The molecule has 1 aromatic rings. The normalized spacial score (nSPS) is 11.3. The summed E-state index contributed by atoms with van der Waals surface area (Å²) in [5.74, 6) is 0.517. The van der Waals surface area contributed by atoms with Gasteiger partial charge in [0.15, 0.2) is 0 Å². The van der Waals surface area contributed by atoms with E-state index in [4.69, 9.17) is 22.1 Å². The molecule has 0 aliphatic carbocycles. The lowest BCUT2D eigenvalue weighted by Crippen LogP contribution is -2.41. The molecule has 0 aliphatic heterocycles. The third kappa shape index (κ3) is 5.12. The maximum atomic E-state index is 11.5. The SMILES string of the molecule is C[C@@H](N)C(=O)N(C)CCOc1ccccc1Cl.Cl. The molecule has 0 aromatic heterocycles. The molecule has 18 heavy (non-hydrogen) atoms. The molecular formula is C12H18Cl2N2O2. The highest BCUT2D eigenvalue weighted by molar-refractivity contribution is 6.32. The number of amides is 1. The molecule has 0 heterocycles. The number of likely N-dealkylation sites (N-methyl/N-ethyl adjacent to an activating group) is 1. The van der Waals surface area contributed by atoms with Crippen molar-refractivity contribution in [3.05, 3.63) is 29.3 Å². The number of hydrogen-bond donors (Lipinski definition) is 1. The lowest BCUT2D eigenvalue weighted by atomic mass is 10.3. The van der Waals surface area contributed by atoms with Crippen LogP contribution in [-0.2, 0) is 4.79 Å². The molecule has 2 N–H and O–H groups in total. The van der Waals surface area contributed by atoms with Crippen molar-refractivity contribution in [3.8, 4) is 5.75 Å². The van der Waals surface area contributed by atoms with Crippen LogP contribution in [0.4, 0.5) is 0 Å². The van der Waals surface area contributed by atoms with E-state index in [-0.39, 0.29) is 18.3 Å². The van der Waals surface area contributed by atoms with Crippen molar-refractivity contribution < 1.29 is 9.53 Å². The molecule has 0 radical (unpaired) electrons. The minimum Gasteiger partial charge on any atom is -0.490 e. The van der Waals surface area contributed by atoms with Crippen LogP contribution in [-0.4, -0.2) is 37.0 Å². The van der Waals surface area contributed by atoms with Gasteiger partial charge >= 0.3 is 0 Å². The van der Waals surface area contributed by atoms with Gasteiger partial charge in [-0.2, -0.15) is 0 Å². The zero-order valence-corrected chi connectivity index (χ0v) is 12.0. The fraction of sp³-hybridized carbons (Fsp3) is 0.417. The third-order valence-electron chi connectivity index (χ3n) is 2.29. The molecule has 6 heteroatoms. The van der Waals surface area contributed by atoms with E-state index in [2.05, 4.69) is 0 Å². The number of rotatable bonds is 5. The highest BCUT2D eigenvalue weighted by Crippen LogP contribution is 2.22. The van der Waals surface area contributed by atoms with Crippen LogP contribution < -0.4 is 10.5 Å². The van der Waals surface area contributed by atoms with Crippen molar-refractivity contribution in [1.29, 1.82) is 0 Å². The fourth-order valence-electron chi connectivity index (χ4n) is 1.31. The molecule has 0 aliphatic rings. The molecule has 1 atom stereocenters. The number of carbonyl (C=O) groups excluding carboxylic acids is 1. The van der Waals surface area contributed by atoms with Crippen molar-refractivity contribution in [2.45, 2.75) is 13.0 Å². The van der Waals surface area contributed by atoms with Crippen LogP contribution in [0.2, 0.25) is 5.02 Å². The van der Waals surface area contributed by atoms with Crippen LogP contribution in [0.1, 0.15) is 6.92 Å². The minimum absolute atomic E-state index is 0. The third-order valence-corrected chi connectivity index (χ3v) is 2.60. The van der Waals surface area contributed by atoms with E-state index in [0.29, 0.717) is 23.9 Å². The first kappa shape index (κ1) is 17.0. The van der Waals surface area contributed by atoms with Crippen molar-refractivity contribution in [2.24, 2.45) is 5.73 Å². The Balaban J connectivity index is 0.00000289. The number of carbonyl (C=O) groups is 1. The van der Waals surface area contributed by atoms with Gasteiger partial charge in [-0.05, 0) is 19.1 Å². The van der Waals surface area contributed by atoms with Gasteiger partial charge in [0.25, 0.3) is 0 Å². The largest absolute Gasteiger partial charge is 0.490 e. The summed E-state index contributed by atoms with van der Waals surface area (Å²) in [5, 5.41) is 0.564. The number of ether oxygens (including phenoxy) is 1. The molecule has 1 rings (SSSR count). The zero-order valence-electron chi connectivity index (χ0n) is 10.4. The Kier molecular flexibility index (Phi) is 7.75. The van der Waals surface area contributed by atoms with E-state index in [0.717, 1.165) is 0 Å². The Labute approximate surface area is 118 Å². The monoisotopic (exact) mass is 292 g/mol. The van der Waals surface area contributed by atoms with E-state index in [1.807, 2.05) is 12.1 Å². The average Bonchev–Trinajstić information content (AvgIpc) is 2.30. The predicted octanol–water partition coefficient (Wildman–Crippen LogP) is 1.95. The lowest BCUT2D eigenvalue weighted by Gasteiger charge is -2.19. The maximum absolute atomic E-state index is 11.5. The van der Waals surface area contributed by atoms with E-state index in [1.54, 1.807) is 31.0 Å². The number of nitrogens with zero attached hydrogens (tertiary/aromatic N) is 1. The van der Waals surface area contributed by atoms with E-state index in [9.17, 15) is 4.79 Å². The van der Waals surface area contributed by atoms with Gasteiger partial charge in [-0.3, -0.25) is 4.79 Å².